The van der Waals surface area contributed by atoms with Crippen LogP contribution in [0.4, 0.5) is 0 Å². The van der Waals surface area contributed by atoms with Gasteiger partial charge in [0.05, 0.1) is 4.47 Å². The zero-order valence-corrected chi connectivity index (χ0v) is 8.47. The maximum Gasteiger partial charge on any atom is 0.264 e. The fourth-order valence-corrected chi connectivity index (χ4v) is 1.88. The van der Waals surface area contributed by atoms with E-state index in [0.29, 0.717) is 10.4 Å². The molecule has 1 aromatic heterocycles. The molecule has 1 heterocycles. The lowest BCUT2D eigenvalue weighted by Crippen LogP contribution is -2.17. The first kappa shape index (κ1) is 8.05. The zero-order valence-electron chi connectivity index (χ0n) is 6.88. The van der Waals surface area contributed by atoms with Crippen LogP contribution >= 0.6 is 15.9 Å². The second-order valence-corrected chi connectivity index (χ2v) is 4.17. The summed E-state index contributed by atoms with van der Waals surface area (Å²) in [4.78, 5) is 11.3. The van der Waals surface area contributed by atoms with Gasteiger partial charge in [0.25, 0.3) is 5.56 Å². The van der Waals surface area contributed by atoms with E-state index in [1.165, 1.54) is 18.4 Å². The molecule has 0 unspecified atom stereocenters. The number of pyridine rings is 1. The van der Waals surface area contributed by atoms with E-state index in [4.69, 9.17) is 0 Å². The Labute approximate surface area is 79.3 Å². The highest BCUT2D eigenvalue weighted by Gasteiger charge is 2.24. The van der Waals surface area contributed by atoms with Crippen molar-refractivity contribution in [1.29, 1.82) is 0 Å². The minimum atomic E-state index is 0.0411. The summed E-state index contributed by atoms with van der Waals surface area (Å²) in [5.41, 5.74) is 1.32. The summed E-state index contributed by atoms with van der Waals surface area (Å²) < 4.78 is 2.31. The van der Waals surface area contributed by atoms with Gasteiger partial charge in [-0.15, -0.1) is 0 Å². The van der Waals surface area contributed by atoms with E-state index in [2.05, 4.69) is 15.9 Å². The summed E-state index contributed by atoms with van der Waals surface area (Å²) in [6.07, 6.45) is 4.47. The van der Waals surface area contributed by atoms with Gasteiger partial charge in [0.15, 0.2) is 0 Å². The molecule has 1 saturated carbocycles. The maximum atomic E-state index is 11.3. The average molecular weight is 228 g/mol. The fourth-order valence-electron chi connectivity index (χ4n) is 1.34. The summed E-state index contributed by atoms with van der Waals surface area (Å²) in [5, 5.41) is 0. The summed E-state index contributed by atoms with van der Waals surface area (Å²) in [7, 11) is 1.79. The van der Waals surface area contributed by atoms with Crippen molar-refractivity contribution in [3.63, 3.8) is 0 Å². The standard InChI is InChI=1S/C9H10BrNO/c1-11-5-7(6-2-3-6)4-8(10)9(11)12/h4-6H,2-3H2,1H3. The largest absolute Gasteiger partial charge is 0.317 e. The molecule has 1 aliphatic rings. The normalized spacial score (nSPS) is 16.5. The SMILES string of the molecule is Cn1cc(C2CC2)cc(Br)c1=O. The number of nitrogens with zero attached hydrogens (tertiary/aromatic N) is 1. The van der Waals surface area contributed by atoms with E-state index >= 15 is 0 Å². The van der Waals surface area contributed by atoms with E-state index in [9.17, 15) is 4.79 Å². The number of rotatable bonds is 1. The third kappa shape index (κ3) is 1.33. The summed E-state index contributed by atoms with van der Waals surface area (Å²) in [6.45, 7) is 0. The minimum Gasteiger partial charge on any atom is -0.317 e. The molecule has 1 aliphatic carbocycles. The van der Waals surface area contributed by atoms with Gasteiger partial charge in [-0.3, -0.25) is 4.79 Å². The molecule has 0 N–H and O–H groups in total. The van der Waals surface area contributed by atoms with Crippen molar-refractivity contribution in [2.24, 2.45) is 7.05 Å². The highest BCUT2D eigenvalue weighted by atomic mass is 79.9. The Bertz CT molecular complexity index is 339. The molecular formula is C9H10BrNO. The molecule has 0 amide bonds. The number of aryl methyl sites for hydroxylation is 1. The van der Waals surface area contributed by atoms with Crippen LogP contribution in [0.3, 0.4) is 0 Å². The summed E-state index contributed by atoms with van der Waals surface area (Å²) in [6, 6.07) is 1.94. The zero-order chi connectivity index (χ0) is 8.72. The topological polar surface area (TPSA) is 22.0 Å². The van der Waals surface area contributed by atoms with Crippen molar-refractivity contribution in [1.82, 2.24) is 4.57 Å². The van der Waals surface area contributed by atoms with E-state index in [1.54, 1.807) is 11.6 Å². The van der Waals surface area contributed by atoms with E-state index in [-0.39, 0.29) is 5.56 Å². The summed E-state index contributed by atoms with van der Waals surface area (Å²) in [5.74, 6) is 0.702. The van der Waals surface area contributed by atoms with Crippen molar-refractivity contribution in [3.8, 4) is 0 Å². The van der Waals surface area contributed by atoms with Gasteiger partial charge in [-0.25, -0.2) is 0 Å². The Morgan fingerprint density at radius 2 is 2.25 bits per heavy atom. The molecule has 0 saturated heterocycles. The average Bonchev–Trinajstić information content (AvgIpc) is 2.81. The van der Waals surface area contributed by atoms with Gasteiger partial charge in [0.2, 0.25) is 0 Å². The third-order valence-corrected chi connectivity index (χ3v) is 2.78. The van der Waals surface area contributed by atoms with Gasteiger partial charge >= 0.3 is 0 Å². The van der Waals surface area contributed by atoms with Crippen molar-refractivity contribution >= 4 is 15.9 Å². The quantitative estimate of drug-likeness (QED) is 0.720. The molecule has 0 radical (unpaired) electrons. The highest BCUT2D eigenvalue weighted by molar-refractivity contribution is 9.10. The molecule has 2 rings (SSSR count). The van der Waals surface area contributed by atoms with Crippen LogP contribution < -0.4 is 5.56 Å². The second kappa shape index (κ2) is 2.73. The fraction of sp³-hybridized carbons (Fsp3) is 0.444. The van der Waals surface area contributed by atoms with E-state index in [1.807, 2.05) is 12.3 Å². The van der Waals surface area contributed by atoms with E-state index in [0.717, 1.165) is 0 Å². The second-order valence-electron chi connectivity index (χ2n) is 3.31. The Morgan fingerprint density at radius 1 is 1.58 bits per heavy atom. The lowest BCUT2D eigenvalue weighted by Gasteiger charge is -2.02. The van der Waals surface area contributed by atoms with Crippen molar-refractivity contribution in [2.75, 3.05) is 0 Å². The Balaban J connectivity index is 2.53. The molecular weight excluding hydrogens is 218 g/mol. The van der Waals surface area contributed by atoms with Crippen LogP contribution in [0, 0.1) is 0 Å². The van der Waals surface area contributed by atoms with Gasteiger partial charge in [-0.05, 0) is 46.3 Å². The Hall–Kier alpha value is -0.570. The molecule has 64 valence electrons. The maximum absolute atomic E-state index is 11.3. The monoisotopic (exact) mass is 227 g/mol. The molecule has 0 spiro atoms. The predicted molar refractivity (Wildman–Crippen MR) is 51.4 cm³/mol. The molecule has 2 nitrogen and oxygen atoms in total. The predicted octanol–water partition coefficient (Wildman–Crippen LogP) is 2.03. The van der Waals surface area contributed by atoms with Crippen LogP contribution in [0.15, 0.2) is 21.5 Å². The molecule has 1 aromatic rings. The van der Waals surface area contributed by atoms with Crippen LogP contribution in [-0.4, -0.2) is 4.57 Å². The molecule has 0 bridgehead atoms. The minimum absolute atomic E-state index is 0.0411. The van der Waals surface area contributed by atoms with Crippen molar-refractivity contribution in [2.45, 2.75) is 18.8 Å². The molecule has 0 aliphatic heterocycles. The Kier molecular flexibility index (Phi) is 1.83. The van der Waals surface area contributed by atoms with E-state index < -0.39 is 0 Å². The number of aromatic nitrogens is 1. The van der Waals surface area contributed by atoms with Crippen LogP contribution in [0.5, 0.6) is 0 Å². The molecule has 12 heavy (non-hydrogen) atoms. The van der Waals surface area contributed by atoms with Gasteiger partial charge in [-0.1, -0.05) is 0 Å². The number of hydrogen-bond donors (Lipinski definition) is 0. The Morgan fingerprint density at radius 3 is 2.75 bits per heavy atom. The smallest absolute Gasteiger partial charge is 0.264 e. The third-order valence-electron chi connectivity index (χ3n) is 2.21. The van der Waals surface area contributed by atoms with Crippen LogP contribution in [0.1, 0.15) is 24.3 Å². The number of halogens is 1. The first-order chi connectivity index (χ1) is 5.68. The van der Waals surface area contributed by atoms with Crippen molar-refractivity contribution < 1.29 is 0 Å². The molecule has 0 atom stereocenters. The molecule has 0 aromatic carbocycles. The lowest BCUT2D eigenvalue weighted by atomic mass is 10.2. The van der Waals surface area contributed by atoms with Gasteiger partial charge in [0, 0.05) is 13.2 Å². The number of hydrogen-bond acceptors (Lipinski definition) is 1. The first-order valence-corrected chi connectivity index (χ1v) is 4.84. The summed E-state index contributed by atoms with van der Waals surface area (Å²) >= 11 is 3.26. The van der Waals surface area contributed by atoms with Crippen LogP contribution in [0.2, 0.25) is 0 Å². The van der Waals surface area contributed by atoms with Crippen molar-refractivity contribution in [3.05, 3.63) is 32.7 Å². The lowest BCUT2D eigenvalue weighted by molar-refractivity contribution is 0.833. The van der Waals surface area contributed by atoms with Gasteiger partial charge in [-0.2, -0.15) is 0 Å². The molecule has 1 fully saturated rings. The highest BCUT2D eigenvalue weighted by Crippen LogP contribution is 2.40. The first-order valence-electron chi connectivity index (χ1n) is 4.04. The van der Waals surface area contributed by atoms with Crippen LogP contribution in [0.25, 0.3) is 0 Å². The van der Waals surface area contributed by atoms with Gasteiger partial charge < -0.3 is 4.57 Å². The van der Waals surface area contributed by atoms with Crippen LogP contribution in [-0.2, 0) is 7.05 Å². The van der Waals surface area contributed by atoms with Gasteiger partial charge in [0.1, 0.15) is 0 Å². The molecule has 3 heteroatoms.